The third-order valence-corrected chi connectivity index (χ3v) is 4.20. The SMILES string of the molecule is C=CCOc1ccccc1CNC(=O)NCc1cnn(-c2ccc(Cl)cc2)c1. The van der Waals surface area contributed by atoms with E-state index in [9.17, 15) is 4.79 Å². The molecule has 2 aromatic carbocycles. The Balaban J connectivity index is 1.50. The maximum absolute atomic E-state index is 12.1. The van der Waals surface area contributed by atoms with E-state index >= 15 is 0 Å². The van der Waals surface area contributed by atoms with Crippen molar-refractivity contribution in [2.45, 2.75) is 13.1 Å². The molecule has 0 aliphatic carbocycles. The van der Waals surface area contributed by atoms with E-state index < -0.39 is 0 Å². The quantitative estimate of drug-likeness (QED) is 0.563. The summed E-state index contributed by atoms with van der Waals surface area (Å²) in [6.45, 7) is 4.79. The fourth-order valence-corrected chi connectivity index (χ4v) is 2.67. The molecular formula is C21H21ClN4O2. The Morgan fingerprint density at radius 1 is 1.14 bits per heavy atom. The molecule has 3 aromatic rings. The zero-order valence-electron chi connectivity index (χ0n) is 15.3. The number of hydrogen-bond acceptors (Lipinski definition) is 3. The van der Waals surface area contributed by atoms with Crippen LogP contribution in [0.25, 0.3) is 5.69 Å². The molecule has 2 amide bonds. The normalized spacial score (nSPS) is 10.3. The van der Waals surface area contributed by atoms with E-state index in [1.54, 1.807) is 29.1 Å². The standard InChI is InChI=1S/C21H21ClN4O2/c1-2-11-28-20-6-4-3-5-17(20)14-24-21(27)23-12-16-13-25-26(15-16)19-9-7-18(22)8-10-19/h2-10,13,15H,1,11-12,14H2,(H2,23,24,27). The van der Waals surface area contributed by atoms with Crippen molar-refractivity contribution in [2.75, 3.05) is 6.61 Å². The van der Waals surface area contributed by atoms with Crippen molar-refractivity contribution >= 4 is 17.6 Å². The summed E-state index contributed by atoms with van der Waals surface area (Å²) in [6, 6.07) is 14.7. The minimum Gasteiger partial charge on any atom is -0.489 e. The average molecular weight is 397 g/mol. The number of rotatable bonds is 8. The second kappa shape index (κ2) is 9.62. The van der Waals surface area contributed by atoms with E-state index in [-0.39, 0.29) is 6.03 Å². The van der Waals surface area contributed by atoms with Gasteiger partial charge in [0.25, 0.3) is 0 Å². The maximum atomic E-state index is 12.1. The third kappa shape index (κ3) is 5.37. The number of ether oxygens (including phenoxy) is 1. The summed E-state index contributed by atoms with van der Waals surface area (Å²) in [5.41, 5.74) is 2.69. The first kappa shape index (κ1) is 19.5. The number of nitrogens with zero attached hydrogens (tertiary/aromatic N) is 2. The van der Waals surface area contributed by atoms with E-state index in [4.69, 9.17) is 16.3 Å². The van der Waals surface area contributed by atoms with Crippen molar-refractivity contribution in [3.63, 3.8) is 0 Å². The van der Waals surface area contributed by atoms with Crippen LogP contribution in [0.15, 0.2) is 73.6 Å². The highest BCUT2D eigenvalue weighted by Crippen LogP contribution is 2.17. The van der Waals surface area contributed by atoms with E-state index in [1.165, 1.54) is 0 Å². The molecule has 0 atom stereocenters. The molecule has 0 bridgehead atoms. The van der Waals surface area contributed by atoms with Crippen molar-refractivity contribution in [2.24, 2.45) is 0 Å². The molecule has 2 N–H and O–H groups in total. The largest absolute Gasteiger partial charge is 0.489 e. The Kier molecular flexibility index (Phi) is 6.70. The number of carbonyl (C=O) groups is 1. The number of halogens is 1. The number of para-hydroxylation sites is 1. The van der Waals surface area contributed by atoms with Crippen LogP contribution in [0.4, 0.5) is 4.79 Å². The monoisotopic (exact) mass is 396 g/mol. The molecule has 0 aliphatic rings. The number of urea groups is 1. The molecule has 3 rings (SSSR count). The van der Waals surface area contributed by atoms with Crippen LogP contribution in [0.1, 0.15) is 11.1 Å². The van der Waals surface area contributed by atoms with E-state index in [0.717, 1.165) is 22.6 Å². The second-order valence-electron chi connectivity index (χ2n) is 6.01. The highest BCUT2D eigenvalue weighted by atomic mass is 35.5. The summed E-state index contributed by atoms with van der Waals surface area (Å²) in [5, 5.41) is 10.6. The highest BCUT2D eigenvalue weighted by molar-refractivity contribution is 6.30. The van der Waals surface area contributed by atoms with Crippen molar-refractivity contribution in [1.29, 1.82) is 0 Å². The Labute approximate surface area is 168 Å². The lowest BCUT2D eigenvalue weighted by molar-refractivity contribution is 0.240. The van der Waals surface area contributed by atoms with Crippen LogP contribution >= 0.6 is 11.6 Å². The Morgan fingerprint density at radius 3 is 2.68 bits per heavy atom. The second-order valence-corrected chi connectivity index (χ2v) is 6.45. The van der Waals surface area contributed by atoms with Gasteiger partial charge in [-0.2, -0.15) is 5.10 Å². The van der Waals surface area contributed by atoms with Gasteiger partial charge < -0.3 is 15.4 Å². The van der Waals surface area contributed by atoms with E-state index in [2.05, 4.69) is 22.3 Å². The molecule has 0 saturated carbocycles. The molecule has 0 saturated heterocycles. The van der Waals surface area contributed by atoms with Gasteiger partial charge in [0.2, 0.25) is 0 Å². The molecule has 144 valence electrons. The van der Waals surface area contributed by atoms with Crippen LogP contribution in [-0.2, 0) is 13.1 Å². The molecule has 7 heteroatoms. The molecular weight excluding hydrogens is 376 g/mol. The fourth-order valence-electron chi connectivity index (χ4n) is 2.55. The van der Waals surface area contributed by atoms with Crippen molar-refractivity contribution in [3.8, 4) is 11.4 Å². The number of amides is 2. The molecule has 6 nitrogen and oxygen atoms in total. The lowest BCUT2D eigenvalue weighted by atomic mass is 10.2. The first-order valence-corrected chi connectivity index (χ1v) is 9.16. The van der Waals surface area contributed by atoms with Gasteiger partial charge in [-0.05, 0) is 30.3 Å². The first-order valence-electron chi connectivity index (χ1n) is 8.78. The highest BCUT2D eigenvalue weighted by Gasteiger charge is 2.07. The number of hydrogen-bond donors (Lipinski definition) is 2. The fraction of sp³-hybridized carbons (Fsp3) is 0.143. The van der Waals surface area contributed by atoms with Gasteiger partial charge in [-0.25, -0.2) is 9.48 Å². The summed E-state index contributed by atoms with van der Waals surface area (Å²) in [4.78, 5) is 12.1. The summed E-state index contributed by atoms with van der Waals surface area (Å²) in [7, 11) is 0. The van der Waals surface area contributed by atoms with Crippen molar-refractivity contribution < 1.29 is 9.53 Å². The van der Waals surface area contributed by atoms with Gasteiger partial charge in [-0.15, -0.1) is 0 Å². The lowest BCUT2D eigenvalue weighted by Gasteiger charge is -2.11. The van der Waals surface area contributed by atoms with Gasteiger partial charge in [0, 0.05) is 35.4 Å². The van der Waals surface area contributed by atoms with Crippen molar-refractivity contribution in [1.82, 2.24) is 20.4 Å². The minimum absolute atomic E-state index is 0.266. The van der Waals surface area contributed by atoms with Crippen LogP contribution in [0.2, 0.25) is 5.02 Å². The predicted octanol–water partition coefficient (Wildman–Crippen LogP) is 4.09. The minimum atomic E-state index is -0.266. The lowest BCUT2D eigenvalue weighted by Crippen LogP contribution is -2.34. The zero-order valence-corrected chi connectivity index (χ0v) is 16.0. The molecule has 0 radical (unpaired) electrons. The maximum Gasteiger partial charge on any atom is 0.315 e. The van der Waals surface area contributed by atoms with Gasteiger partial charge in [0.1, 0.15) is 12.4 Å². The van der Waals surface area contributed by atoms with E-state index in [0.29, 0.717) is 24.7 Å². The first-order chi connectivity index (χ1) is 13.7. The Hall–Kier alpha value is -3.25. The van der Waals surface area contributed by atoms with Gasteiger partial charge >= 0.3 is 6.03 Å². The van der Waals surface area contributed by atoms with Crippen LogP contribution in [0, 0.1) is 0 Å². The van der Waals surface area contributed by atoms with Gasteiger partial charge in [-0.1, -0.05) is 42.5 Å². The molecule has 0 fully saturated rings. The number of nitrogens with one attached hydrogen (secondary N) is 2. The number of aromatic nitrogens is 2. The topological polar surface area (TPSA) is 68.2 Å². The molecule has 1 heterocycles. The van der Waals surface area contributed by atoms with Gasteiger partial charge in [-0.3, -0.25) is 0 Å². The van der Waals surface area contributed by atoms with Crippen molar-refractivity contribution in [3.05, 3.63) is 89.7 Å². The zero-order chi connectivity index (χ0) is 19.8. The van der Waals surface area contributed by atoms with Crippen LogP contribution in [-0.4, -0.2) is 22.4 Å². The summed E-state index contributed by atoms with van der Waals surface area (Å²) in [6.07, 6.45) is 5.26. The van der Waals surface area contributed by atoms with Gasteiger partial charge in [0.15, 0.2) is 0 Å². The average Bonchev–Trinajstić information content (AvgIpc) is 3.19. The molecule has 0 aliphatic heterocycles. The molecule has 28 heavy (non-hydrogen) atoms. The van der Waals surface area contributed by atoms with Crippen LogP contribution in [0.3, 0.4) is 0 Å². The third-order valence-electron chi connectivity index (χ3n) is 3.95. The Morgan fingerprint density at radius 2 is 1.89 bits per heavy atom. The van der Waals surface area contributed by atoms with E-state index in [1.807, 2.05) is 42.6 Å². The molecule has 1 aromatic heterocycles. The number of carbonyl (C=O) groups excluding carboxylic acids is 1. The van der Waals surface area contributed by atoms with Crippen LogP contribution in [0.5, 0.6) is 5.75 Å². The Bertz CT molecular complexity index is 938. The van der Waals surface area contributed by atoms with Crippen LogP contribution < -0.4 is 15.4 Å². The van der Waals surface area contributed by atoms with Gasteiger partial charge in [0.05, 0.1) is 11.9 Å². The summed E-state index contributed by atoms with van der Waals surface area (Å²) in [5.74, 6) is 0.729. The smallest absolute Gasteiger partial charge is 0.315 e. The predicted molar refractivity (Wildman–Crippen MR) is 110 cm³/mol. The molecule has 0 unspecified atom stereocenters. The summed E-state index contributed by atoms with van der Waals surface area (Å²) >= 11 is 5.90. The number of benzene rings is 2. The molecule has 0 spiro atoms. The summed E-state index contributed by atoms with van der Waals surface area (Å²) < 4.78 is 7.33.